The highest BCUT2D eigenvalue weighted by Gasteiger charge is 2.32. The number of hydrogen-bond acceptors (Lipinski definition) is 13. The third kappa shape index (κ3) is 23.3. The second kappa shape index (κ2) is 25.5. The Bertz CT molecular complexity index is 694. The Labute approximate surface area is 220 Å². The topological polar surface area (TPSA) is 234 Å². The number of aliphatic carboxylic acids is 1. The van der Waals surface area contributed by atoms with Crippen LogP contribution in [-0.4, -0.2) is 106 Å². The second-order valence-corrected chi connectivity index (χ2v) is 7.54. The van der Waals surface area contributed by atoms with Gasteiger partial charge >= 0.3 is 23.9 Å². The summed E-state index contributed by atoms with van der Waals surface area (Å²) in [4.78, 5) is 70.4. The molecule has 15 nitrogen and oxygen atoms in total. The Morgan fingerprint density at radius 3 is 1.37 bits per heavy atom. The maximum absolute atomic E-state index is 11.4. The summed E-state index contributed by atoms with van der Waals surface area (Å²) in [5.41, 5.74) is 0. The quantitative estimate of drug-likeness (QED) is 0.0844. The maximum atomic E-state index is 11.4. The lowest BCUT2D eigenvalue weighted by Gasteiger charge is -2.12. The number of nitrogens with zero attached hydrogens (tertiary/aromatic N) is 1. The van der Waals surface area contributed by atoms with Crippen molar-refractivity contribution in [3.63, 3.8) is 0 Å². The first kappa shape index (κ1) is 37.0. The van der Waals surface area contributed by atoms with Crippen molar-refractivity contribution in [3.8, 4) is 0 Å². The van der Waals surface area contributed by atoms with Crippen molar-refractivity contribution < 1.29 is 68.6 Å². The Hall–Kier alpha value is -3.14. The number of ether oxygens (including phenoxy) is 2. The Morgan fingerprint density at radius 2 is 1.00 bits per heavy atom. The molecule has 220 valence electrons. The number of carbonyl (C=O) groups excluding carboxylic acids is 5. The first-order valence-corrected chi connectivity index (χ1v) is 12.2. The fraction of sp³-hybridized carbons (Fsp3) is 0.739. The standard InChI is InChI=1S/C12H17NO7.C8H14O5.C3H8O2/c14-7-2-8-19-11(17)3-1-4-12(18)20-13-9(15)5-6-10(13)16;9-5-2-6-13-8(12)4-1-3-7(10)11;4-2-1-3-5/h14H,1-8H2;9H,1-6H2,(H,10,11);4-5H,1-3H2. The monoisotopic (exact) mass is 553 g/mol. The Morgan fingerprint density at radius 1 is 0.605 bits per heavy atom. The molecule has 0 unspecified atom stereocenters. The summed E-state index contributed by atoms with van der Waals surface area (Å²) in [6, 6.07) is 0. The van der Waals surface area contributed by atoms with Crippen LogP contribution in [0.4, 0.5) is 0 Å². The van der Waals surface area contributed by atoms with Crippen LogP contribution in [0.3, 0.4) is 0 Å². The van der Waals surface area contributed by atoms with Gasteiger partial charge in [0.2, 0.25) is 0 Å². The van der Waals surface area contributed by atoms with Gasteiger partial charge in [-0.05, 0) is 19.3 Å². The number of aliphatic hydroxyl groups excluding tert-OH is 4. The minimum atomic E-state index is -0.914. The predicted octanol–water partition coefficient (Wildman–Crippen LogP) is -0.782. The summed E-state index contributed by atoms with van der Waals surface area (Å²) < 4.78 is 9.43. The second-order valence-electron chi connectivity index (χ2n) is 7.54. The molecule has 0 atom stereocenters. The molecule has 0 bridgehead atoms. The van der Waals surface area contributed by atoms with E-state index in [1.165, 1.54) is 0 Å². The molecule has 38 heavy (non-hydrogen) atoms. The van der Waals surface area contributed by atoms with Crippen LogP contribution in [0, 0.1) is 0 Å². The molecule has 1 saturated heterocycles. The lowest BCUT2D eigenvalue weighted by Crippen LogP contribution is -2.32. The van der Waals surface area contributed by atoms with E-state index in [0.29, 0.717) is 30.7 Å². The molecule has 15 heteroatoms. The zero-order valence-electron chi connectivity index (χ0n) is 21.4. The minimum Gasteiger partial charge on any atom is -0.481 e. The lowest BCUT2D eigenvalue weighted by molar-refractivity contribution is -0.197. The van der Waals surface area contributed by atoms with Gasteiger partial charge in [-0.15, -0.1) is 5.06 Å². The fourth-order valence-electron chi connectivity index (χ4n) is 2.28. The molecule has 0 radical (unpaired) electrons. The third-order valence-corrected chi connectivity index (χ3v) is 4.18. The summed E-state index contributed by atoms with van der Waals surface area (Å²) in [6.07, 6.45) is 1.92. The highest BCUT2D eigenvalue weighted by molar-refractivity contribution is 6.01. The molecule has 1 rings (SSSR count). The van der Waals surface area contributed by atoms with Crippen LogP contribution in [0.1, 0.15) is 70.6 Å². The molecule has 0 spiro atoms. The summed E-state index contributed by atoms with van der Waals surface area (Å²) in [6.45, 7) is 0.450. The largest absolute Gasteiger partial charge is 0.481 e. The molecule has 5 N–H and O–H groups in total. The number of hydroxylamine groups is 2. The molecule has 0 aromatic heterocycles. The fourth-order valence-corrected chi connectivity index (χ4v) is 2.28. The number of imide groups is 1. The number of amides is 2. The smallest absolute Gasteiger partial charge is 0.333 e. The van der Waals surface area contributed by atoms with Crippen LogP contribution in [-0.2, 0) is 43.1 Å². The average Bonchev–Trinajstić information content (AvgIpc) is 3.17. The summed E-state index contributed by atoms with van der Waals surface area (Å²) in [5.74, 6) is -3.60. The van der Waals surface area contributed by atoms with Crippen LogP contribution in [0.2, 0.25) is 0 Å². The normalized spacial score (nSPS) is 12.1. The van der Waals surface area contributed by atoms with Crippen molar-refractivity contribution >= 4 is 35.7 Å². The third-order valence-electron chi connectivity index (χ3n) is 4.18. The van der Waals surface area contributed by atoms with Gasteiger partial charge in [-0.2, -0.15) is 0 Å². The summed E-state index contributed by atoms with van der Waals surface area (Å²) in [7, 11) is 0. The molecule has 1 aliphatic rings. The van der Waals surface area contributed by atoms with Crippen LogP contribution in [0.15, 0.2) is 0 Å². The van der Waals surface area contributed by atoms with Gasteiger partial charge in [-0.25, -0.2) is 4.79 Å². The van der Waals surface area contributed by atoms with Crippen LogP contribution < -0.4 is 0 Å². The van der Waals surface area contributed by atoms with E-state index >= 15 is 0 Å². The van der Waals surface area contributed by atoms with E-state index < -0.39 is 35.7 Å². The van der Waals surface area contributed by atoms with Crippen LogP contribution >= 0.6 is 0 Å². The molecule has 0 saturated carbocycles. The molecule has 0 aromatic rings. The van der Waals surface area contributed by atoms with Gasteiger partial charge in [-0.3, -0.25) is 24.0 Å². The number of esters is 2. The summed E-state index contributed by atoms with van der Waals surface area (Å²) in [5, 5.41) is 41.4. The van der Waals surface area contributed by atoms with Crippen molar-refractivity contribution in [3.05, 3.63) is 0 Å². The molecule has 0 aromatic carbocycles. The molecule has 0 aliphatic carbocycles. The molecule has 1 heterocycles. The average molecular weight is 554 g/mol. The van der Waals surface area contributed by atoms with Crippen molar-refractivity contribution in [2.45, 2.75) is 70.6 Å². The van der Waals surface area contributed by atoms with Crippen LogP contribution in [0.5, 0.6) is 0 Å². The highest BCUT2D eigenvalue weighted by Crippen LogP contribution is 2.13. The molecule has 1 aliphatic heterocycles. The van der Waals surface area contributed by atoms with E-state index in [1.807, 2.05) is 0 Å². The van der Waals surface area contributed by atoms with Gasteiger partial charge in [0.25, 0.3) is 11.8 Å². The zero-order chi connectivity index (χ0) is 29.2. The van der Waals surface area contributed by atoms with E-state index in [0.717, 1.165) is 0 Å². The van der Waals surface area contributed by atoms with E-state index in [-0.39, 0.29) is 84.6 Å². The maximum Gasteiger partial charge on any atom is 0.333 e. The Balaban J connectivity index is 0. The number of hydrogen-bond donors (Lipinski definition) is 5. The van der Waals surface area contributed by atoms with E-state index in [9.17, 15) is 28.8 Å². The van der Waals surface area contributed by atoms with Gasteiger partial charge in [0.15, 0.2) is 0 Å². The number of rotatable bonds is 17. The number of carboxylic acid groups (broad SMARTS) is 1. The highest BCUT2D eigenvalue weighted by atomic mass is 16.7. The molecular formula is C23H39NO14. The zero-order valence-corrected chi connectivity index (χ0v) is 21.4. The van der Waals surface area contributed by atoms with Crippen molar-refractivity contribution in [2.75, 3.05) is 39.6 Å². The first-order valence-electron chi connectivity index (χ1n) is 12.2. The predicted molar refractivity (Wildman–Crippen MR) is 127 cm³/mol. The van der Waals surface area contributed by atoms with Crippen LogP contribution in [0.25, 0.3) is 0 Å². The van der Waals surface area contributed by atoms with Gasteiger partial charge in [0, 0.05) is 77.8 Å². The molecular weight excluding hydrogens is 514 g/mol. The van der Waals surface area contributed by atoms with Gasteiger partial charge in [0.05, 0.1) is 13.2 Å². The summed E-state index contributed by atoms with van der Waals surface area (Å²) >= 11 is 0. The van der Waals surface area contributed by atoms with E-state index in [4.69, 9.17) is 30.3 Å². The lowest BCUT2D eigenvalue weighted by atomic mass is 10.2. The number of carboxylic acids is 1. The van der Waals surface area contributed by atoms with Crippen molar-refractivity contribution in [1.29, 1.82) is 0 Å². The number of aliphatic hydroxyl groups is 4. The van der Waals surface area contributed by atoms with Gasteiger partial charge in [-0.1, -0.05) is 0 Å². The SMILES string of the molecule is O=C(CCCC(=O)ON1C(=O)CCC1=O)OCCCO.O=C(O)CCCC(=O)OCCCO.OCCCO. The van der Waals surface area contributed by atoms with Gasteiger partial charge in [0.1, 0.15) is 0 Å². The van der Waals surface area contributed by atoms with E-state index in [2.05, 4.69) is 9.57 Å². The molecule has 1 fully saturated rings. The van der Waals surface area contributed by atoms with Crippen molar-refractivity contribution in [1.82, 2.24) is 5.06 Å². The van der Waals surface area contributed by atoms with Crippen molar-refractivity contribution in [2.24, 2.45) is 0 Å². The molecule has 2 amide bonds. The van der Waals surface area contributed by atoms with Gasteiger partial charge < -0.3 is 39.8 Å². The van der Waals surface area contributed by atoms with E-state index in [1.54, 1.807) is 0 Å². The first-order chi connectivity index (χ1) is 18.1. The Kier molecular flexibility index (Phi) is 24.8. The number of carbonyl (C=O) groups is 6. The minimum absolute atomic E-state index is 0.0115.